The minimum Gasteiger partial charge on any atom is -0.508 e. The molecule has 1 rings (SSSR count). The van der Waals surface area contributed by atoms with Crippen LogP contribution in [0, 0.1) is 11.3 Å². The Balaban J connectivity index is 0.00000289. The van der Waals surface area contributed by atoms with E-state index in [9.17, 15) is 5.11 Å². The van der Waals surface area contributed by atoms with E-state index in [1.54, 1.807) is 12.1 Å². The Bertz CT molecular complexity index is 413. The van der Waals surface area contributed by atoms with Gasteiger partial charge in [0.25, 0.3) is 0 Å². The number of aromatic hydroxyl groups is 1. The molecule has 0 amide bonds. The number of phenolic OH excluding ortho intramolecular Hbond substituents is 1. The van der Waals surface area contributed by atoms with Gasteiger partial charge in [0.1, 0.15) is 5.75 Å². The molecule has 0 spiro atoms. The third-order valence-electron chi connectivity index (χ3n) is 2.85. The van der Waals surface area contributed by atoms with Gasteiger partial charge in [-0.1, -0.05) is 6.07 Å². The first kappa shape index (κ1) is 16.6. The van der Waals surface area contributed by atoms with Crippen molar-refractivity contribution in [3.05, 3.63) is 23.8 Å². The van der Waals surface area contributed by atoms with E-state index in [0.29, 0.717) is 5.56 Å². The highest BCUT2D eigenvalue weighted by atomic mass is 35.5. The predicted octanol–water partition coefficient (Wildman–Crippen LogP) is 2.57. The fourth-order valence-electron chi connectivity index (χ4n) is 1.84. The third-order valence-corrected chi connectivity index (χ3v) is 2.85. The van der Waals surface area contributed by atoms with Gasteiger partial charge < -0.3 is 15.7 Å². The van der Waals surface area contributed by atoms with Crippen molar-refractivity contribution in [1.29, 1.82) is 5.26 Å². The fraction of sp³-hybridized carbons (Fsp3) is 0.462. The van der Waals surface area contributed by atoms with E-state index in [4.69, 9.17) is 11.0 Å². The van der Waals surface area contributed by atoms with Crippen LogP contribution < -0.4 is 10.6 Å². The molecule has 0 fully saturated rings. The van der Waals surface area contributed by atoms with Crippen LogP contribution in [0.1, 0.15) is 31.9 Å². The van der Waals surface area contributed by atoms with Crippen LogP contribution in [0.2, 0.25) is 0 Å². The first-order valence-electron chi connectivity index (χ1n) is 5.84. The van der Waals surface area contributed by atoms with Crippen molar-refractivity contribution in [2.75, 3.05) is 18.0 Å². The number of hydrogen-bond donors (Lipinski definition) is 2. The molecule has 0 unspecified atom stereocenters. The Morgan fingerprint density at radius 2 is 2.00 bits per heavy atom. The van der Waals surface area contributed by atoms with Crippen molar-refractivity contribution in [3.63, 3.8) is 0 Å². The molecular formula is C13H20ClN3O. The number of halogens is 1. The molecule has 3 N–H and O–H groups in total. The number of anilines is 1. The van der Waals surface area contributed by atoms with E-state index in [-0.39, 0.29) is 24.6 Å². The van der Waals surface area contributed by atoms with E-state index in [0.717, 1.165) is 18.8 Å². The summed E-state index contributed by atoms with van der Waals surface area (Å²) in [6, 6.07) is 7.02. The van der Waals surface area contributed by atoms with Gasteiger partial charge in [0.05, 0.1) is 12.5 Å². The summed E-state index contributed by atoms with van der Waals surface area (Å²) >= 11 is 0. The topological polar surface area (TPSA) is 73.3 Å². The molecule has 0 bridgehead atoms. The van der Waals surface area contributed by atoms with Crippen molar-refractivity contribution in [2.24, 2.45) is 5.73 Å². The number of nitriles is 1. The number of phenols is 1. The Morgan fingerprint density at radius 3 is 2.44 bits per heavy atom. The molecule has 0 saturated carbocycles. The molecule has 0 saturated heterocycles. The van der Waals surface area contributed by atoms with Gasteiger partial charge in [-0.25, -0.2) is 0 Å². The van der Waals surface area contributed by atoms with Gasteiger partial charge in [-0.2, -0.15) is 5.26 Å². The third kappa shape index (κ3) is 3.80. The van der Waals surface area contributed by atoms with Gasteiger partial charge in [-0.3, -0.25) is 0 Å². The maximum absolute atomic E-state index is 9.91. The molecule has 0 radical (unpaired) electrons. The summed E-state index contributed by atoms with van der Waals surface area (Å²) in [5.74, 6) is 0.164. The predicted molar refractivity (Wildman–Crippen MR) is 76.1 cm³/mol. The van der Waals surface area contributed by atoms with Gasteiger partial charge in [0.15, 0.2) is 0 Å². The molecule has 4 nitrogen and oxygen atoms in total. The van der Waals surface area contributed by atoms with Crippen LogP contribution in [0.4, 0.5) is 5.69 Å². The van der Waals surface area contributed by atoms with Crippen LogP contribution >= 0.6 is 12.4 Å². The van der Waals surface area contributed by atoms with Crippen molar-refractivity contribution in [2.45, 2.75) is 26.3 Å². The lowest BCUT2D eigenvalue weighted by molar-refractivity contribution is 0.462. The first-order valence-corrected chi connectivity index (χ1v) is 5.84. The molecular weight excluding hydrogens is 250 g/mol. The smallest absolute Gasteiger partial charge is 0.122 e. The molecule has 5 heteroatoms. The summed E-state index contributed by atoms with van der Waals surface area (Å²) in [5, 5.41) is 18.5. The van der Waals surface area contributed by atoms with Crippen LogP contribution in [0.5, 0.6) is 5.75 Å². The molecule has 0 aliphatic rings. The average molecular weight is 270 g/mol. The van der Waals surface area contributed by atoms with Crippen molar-refractivity contribution >= 4 is 18.1 Å². The molecule has 0 aliphatic heterocycles. The van der Waals surface area contributed by atoms with E-state index in [1.165, 1.54) is 0 Å². The zero-order valence-corrected chi connectivity index (χ0v) is 11.6. The summed E-state index contributed by atoms with van der Waals surface area (Å²) in [5.41, 5.74) is 7.40. The highest BCUT2D eigenvalue weighted by Gasteiger charge is 2.12. The summed E-state index contributed by atoms with van der Waals surface area (Å²) in [7, 11) is 0. The summed E-state index contributed by atoms with van der Waals surface area (Å²) in [4.78, 5) is 2.14. The fourth-order valence-corrected chi connectivity index (χ4v) is 1.84. The van der Waals surface area contributed by atoms with E-state index >= 15 is 0 Å². The number of nitrogens with two attached hydrogens (primary N) is 1. The maximum Gasteiger partial charge on any atom is 0.122 e. The van der Waals surface area contributed by atoms with Gasteiger partial charge in [-0.15, -0.1) is 12.4 Å². The minimum atomic E-state index is -0.425. The molecule has 1 aromatic carbocycles. The highest BCUT2D eigenvalue weighted by Crippen LogP contribution is 2.29. The first-order chi connectivity index (χ1) is 8.13. The van der Waals surface area contributed by atoms with Crippen LogP contribution in [-0.2, 0) is 0 Å². The summed E-state index contributed by atoms with van der Waals surface area (Å²) in [6.45, 7) is 5.91. The van der Waals surface area contributed by atoms with Gasteiger partial charge in [-0.05, 0) is 19.9 Å². The van der Waals surface area contributed by atoms with Gasteiger partial charge in [0.2, 0.25) is 0 Å². The summed E-state index contributed by atoms with van der Waals surface area (Å²) in [6.07, 6.45) is 0.207. The normalized spacial score (nSPS) is 11.2. The number of benzene rings is 1. The standard InChI is InChI=1S/C13H19N3O.ClH/c1-3-16(4-2)10-5-6-11(13(17)9-10)12(15)7-8-14;/h5-6,9,12,17H,3-4,7,15H2,1-2H3;1H/t12-;/m1./s1. The lowest BCUT2D eigenvalue weighted by Gasteiger charge is -2.22. The molecule has 0 heterocycles. The number of rotatable bonds is 5. The summed E-state index contributed by atoms with van der Waals surface area (Å²) < 4.78 is 0. The second kappa shape index (κ2) is 7.80. The second-order valence-electron chi connectivity index (χ2n) is 3.88. The Morgan fingerprint density at radius 1 is 1.39 bits per heavy atom. The Labute approximate surface area is 114 Å². The Kier molecular flexibility index (Phi) is 7.18. The van der Waals surface area contributed by atoms with E-state index in [2.05, 4.69) is 18.7 Å². The maximum atomic E-state index is 9.91. The zero-order valence-electron chi connectivity index (χ0n) is 10.8. The largest absolute Gasteiger partial charge is 0.508 e. The minimum absolute atomic E-state index is 0. The Hall–Kier alpha value is -1.44. The number of hydrogen-bond acceptors (Lipinski definition) is 4. The SMILES string of the molecule is CCN(CC)c1ccc([C@H](N)CC#N)c(O)c1.Cl. The lowest BCUT2D eigenvalue weighted by Crippen LogP contribution is -2.21. The second-order valence-corrected chi connectivity index (χ2v) is 3.88. The molecule has 0 aromatic heterocycles. The van der Waals surface area contributed by atoms with Crippen LogP contribution in [0.25, 0.3) is 0 Å². The highest BCUT2D eigenvalue weighted by molar-refractivity contribution is 5.85. The molecule has 18 heavy (non-hydrogen) atoms. The molecule has 0 aliphatic carbocycles. The van der Waals surface area contributed by atoms with Crippen molar-refractivity contribution < 1.29 is 5.11 Å². The molecule has 1 aromatic rings. The molecule has 100 valence electrons. The molecule has 1 atom stereocenters. The monoisotopic (exact) mass is 269 g/mol. The van der Waals surface area contributed by atoms with Crippen LogP contribution in [-0.4, -0.2) is 18.2 Å². The zero-order chi connectivity index (χ0) is 12.8. The van der Waals surface area contributed by atoms with E-state index in [1.807, 2.05) is 12.1 Å². The number of nitrogens with zero attached hydrogens (tertiary/aromatic N) is 2. The van der Waals surface area contributed by atoms with Gasteiger partial charge >= 0.3 is 0 Å². The van der Waals surface area contributed by atoms with Crippen LogP contribution in [0.3, 0.4) is 0 Å². The lowest BCUT2D eigenvalue weighted by atomic mass is 10.0. The van der Waals surface area contributed by atoms with Crippen molar-refractivity contribution in [1.82, 2.24) is 0 Å². The van der Waals surface area contributed by atoms with Crippen LogP contribution in [0.15, 0.2) is 18.2 Å². The van der Waals surface area contributed by atoms with Crippen molar-refractivity contribution in [3.8, 4) is 11.8 Å². The quantitative estimate of drug-likeness (QED) is 0.862. The van der Waals surface area contributed by atoms with E-state index < -0.39 is 6.04 Å². The average Bonchev–Trinajstić information content (AvgIpc) is 2.31. The van der Waals surface area contributed by atoms with Gasteiger partial charge in [0, 0.05) is 36.4 Å².